The lowest BCUT2D eigenvalue weighted by molar-refractivity contribution is -0.117. The predicted octanol–water partition coefficient (Wildman–Crippen LogP) is 1.63. The van der Waals surface area contributed by atoms with Crippen LogP contribution in [-0.4, -0.2) is 58.1 Å². The van der Waals surface area contributed by atoms with Crippen molar-refractivity contribution in [2.24, 2.45) is 0 Å². The molecule has 1 amide bonds. The summed E-state index contributed by atoms with van der Waals surface area (Å²) in [5, 5.41) is 14.6. The number of aryl methyl sites for hydroxylation is 2. The van der Waals surface area contributed by atoms with Gasteiger partial charge in [0.2, 0.25) is 0 Å². The molecule has 1 fully saturated rings. The summed E-state index contributed by atoms with van der Waals surface area (Å²) in [6.07, 6.45) is 1.60. The van der Waals surface area contributed by atoms with Crippen LogP contribution in [0.5, 0.6) is 0 Å². The van der Waals surface area contributed by atoms with Crippen molar-refractivity contribution < 1.29 is 14.6 Å². The van der Waals surface area contributed by atoms with Crippen LogP contribution in [0.2, 0.25) is 0 Å². The monoisotopic (exact) mass is 329 g/mol. The molecule has 1 N–H and O–H groups in total. The van der Waals surface area contributed by atoms with Gasteiger partial charge >= 0.3 is 0 Å². The summed E-state index contributed by atoms with van der Waals surface area (Å²) in [5.41, 5.74) is 3.66. The number of aromatic nitrogens is 2. The van der Waals surface area contributed by atoms with E-state index in [0.717, 1.165) is 22.5 Å². The number of rotatable bonds is 4. The van der Waals surface area contributed by atoms with E-state index in [4.69, 9.17) is 4.74 Å². The van der Waals surface area contributed by atoms with Crippen molar-refractivity contribution in [3.05, 3.63) is 46.8 Å². The Labute approximate surface area is 141 Å². The third kappa shape index (κ3) is 2.83. The maximum atomic E-state index is 12.7. The second-order valence-corrected chi connectivity index (χ2v) is 6.66. The summed E-state index contributed by atoms with van der Waals surface area (Å²) in [6, 6.07) is 6.17. The average molecular weight is 329 g/mol. The average Bonchev–Trinajstić information content (AvgIpc) is 2.88. The number of β-amino-alcohol motifs (C(OH)–C–C–N with tert-alkyl or cyclic N) is 1. The Hall–Kier alpha value is -2.18. The minimum atomic E-state index is -0.929. The van der Waals surface area contributed by atoms with E-state index in [1.165, 1.54) is 0 Å². The van der Waals surface area contributed by atoms with Crippen molar-refractivity contribution in [1.82, 2.24) is 14.7 Å². The number of amides is 1. The summed E-state index contributed by atoms with van der Waals surface area (Å²) in [5.74, 6) is -0.107. The first-order valence-corrected chi connectivity index (χ1v) is 7.97. The Bertz CT molecular complexity index is 776. The first-order chi connectivity index (χ1) is 11.3. The third-order valence-electron chi connectivity index (χ3n) is 4.50. The Morgan fingerprint density at radius 1 is 1.33 bits per heavy atom. The van der Waals surface area contributed by atoms with Crippen LogP contribution in [0.4, 0.5) is 0 Å². The molecule has 0 radical (unpaired) electrons. The highest BCUT2D eigenvalue weighted by molar-refractivity contribution is 5.96. The molecule has 0 bridgehead atoms. The van der Waals surface area contributed by atoms with Gasteiger partial charge in [-0.15, -0.1) is 0 Å². The first kappa shape index (κ1) is 16.7. The van der Waals surface area contributed by atoms with Crippen LogP contribution >= 0.6 is 0 Å². The third-order valence-corrected chi connectivity index (χ3v) is 4.50. The van der Waals surface area contributed by atoms with Crippen molar-refractivity contribution in [2.45, 2.75) is 26.4 Å². The molecule has 0 saturated carbocycles. The number of carbonyl (C=O) groups is 1. The molecule has 0 aliphatic carbocycles. The van der Waals surface area contributed by atoms with Gasteiger partial charge in [-0.1, -0.05) is 12.1 Å². The van der Waals surface area contributed by atoms with E-state index in [1.807, 2.05) is 26.8 Å². The van der Waals surface area contributed by atoms with E-state index in [2.05, 4.69) is 17.2 Å². The van der Waals surface area contributed by atoms with Crippen molar-refractivity contribution in [1.29, 1.82) is 0 Å². The first-order valence-electron chi connectivity index (χ1n) is 7.97. The number of methoxy groups -OCH3 is 1. The Morgan fingerprint density at radius 2 is 2.04 bits per heavy atom. The summed E-state index contributed by atoms with van der Waals surface area (Å²) in [6.45, 7) is 6.75. The van der Waals surface area contributed by atoms with Gasteiger partial charge in [0.25, 0.3) is 5.91 Å². The van der Waals surface area contributed by atoms with E-state index in [9.17, 15) is 9.90 Å². The number of hydrogen-bond donors (Lipinski definition) is 1. The molecule has 1 aliphatic rings. The molecule has 1 aromatic heterocycles. The number of ether oxygens (including phenoxy) is 1. The molecule has 1 aliphatic heterocycles. The smallest absolute Gasteiger partial charge is 0.257 e. The number of hydrogen-bond acceptors (Lipinski definition) is 4. The molecule has 2 aromatic rings. The molecular formula is C18H23N3O3. The molecule has 1 aromatic carbocycles. The molecule has 24 heavy (non-hydrogen) atoms. The molecule has 0 atom stereocenters. The standard InChI is InChI=1S/C18H23N3O3/c1-12-5-6-13(2)16(7-12)21-14(3)15(8-19-21)17(22)20-9-18(23,10-20)11-24-4/h5-8,23H,9-11H2,1-4H3. The molecule has 0 unspecified atom stereocenters. The fourth-order valence-corrected chi connectivity index (χ4v) is 3.15. The van der Waals surface area contributed by atoms with Crippen LogP contribution in [-0.2, 0) is 4.74 Å². The fraction of sp³-hybridized carbons (Fsp3) is 0.444. The van der Waals surface area contributed by atoms with Gasteiger partial charge in [-0.05, 0) is 38.0 Å². The Kier molecular flexibility index (Phi) is 4.19. The van der Waals surface area contributed by atoms with Gasteiger partial charge in [-0.3, -0.25) is 4.79 Å². The van der Waals surface area contributed by atoms with E-state index in [1.54, 1.807) is 22.9 Å². The maximum Gasteiger partial charge on any atom is 0.257 e. The minimum absolute atomic E-state index is 0.107. The highest BCUT2D eigenvalue weighted by Gasteiger charge is 2.44. The summed E-state index contributed by atoms with van der Waals surface area (Å²) < 4.78 is 6.79. The van der Waals surface area contributed by atoms with Crippen molar-refractivity contribution in [3.8, 4) is 5.69 Å². The molecule has 6 nitrogen and oxygen atoms in total. The lowest BCUT2D eigenvalue weighted by Crippen LogP contribution is -2.65. The van der Waals surface area contributed by atoms with Gasteiger partial charge in [0.05, 0.1) is 42.8 Å². The SMILES string of the molecule is COCC1(O)CN(C(=O)c2cnn(-c3cc(C)ccc3C)c2C)C1. The number of aliphatic hydroxyl groups is 1. The van der Waals surface area contributed by atoms with Crippen molar-refractivity contribution >= 4 is 5.91 Å². The van der Waals surface area contributed by atoms with Crippen LogP contribution in [0, 0.1) is 20.8 Å². The van der Waals surface area contributed by atoms with Gasteiger partial charge in [0, 0.05) is 7.11 Å². The minimum Gasteiger partial charge on any atom is -0.384 e. The molecule has 2 heterocycles. The number of benzene rings is 1. The summed E-state index contributed by atoms with van der Waals surface area (Å²) in [4.78, 5) is 14.3. The molecule has 0 spiro atoms. The lowest BCUT2D eigenvalue weighted by Gasteiger charge is -2.45. The molecule has 128 valence electrons. The Morgan fingerprint density at radius 3 is 2.71 bits per heavy atom. The van der Waals surface area contributed by atoms with Crippen molar-refractivity contribution in [2.75, 3.05) is 26.8 Å². The molecule has 3 rings (SSSR count). The summed E-state index contributed by atoms with van der Waals surface area (Å²) >= 11 is 0. The van der Waals surface area contributed by atoms with Crippen LogP contribution < -0.4 is 0 Å². The van der Waals surface area contributed by atoms with E-state index in [0.29, 0.717) is 5.56 Å². The second kappa shape index (κ2) is 6.03. The molecular weight excluding hydrogens is 306 g/mol. The van der Waals surface area contributed by atoms with E-state index < -0.39 is 5.60 Å². The second-order valence-electron chi connectivity index (χ2n) is 6.66. The number of likely N-dealkylation sites (tertiary alicyclic amines) is 1. The normalized spacial score (nSPS) is 16.1. The van der Waals surface area contributed by atoms with Gasteiger partial charge in [0.15, 0.2) is 0 Å². The largest absolute Gasteiger partial charge is 0.384 e. The Balaban J connectivity index is 1.83. The predicted molar refractivity (Wildman–Crippen MR) is 90.5 cm³/mol. The van der Waals surface area contributed by atoms with Crippen LogP contribution in [0.25, 0.3) is 5.69 Å². The van der Waals surface area contributed by atoms with E-state index >= 15 is 0 Å². The molecule has 1 saturated heterocycles. The fourth-order valence-electron chi connectivity index (χ4n) is 3.15. The van der Waals surface area contributed by atoms with Gasteiger partial charge in [0.1, 0.15) is 5.60 Å². The highest BCUT2D eigenvalue weighted by atomic mass is 16.5. The van der Waals surface area contributed by atoms with Gasteiger partial charge in [-0.25, -0.2) is 4.68 Å². The van der Waals surface area contributed by atoms with Gasteiger partial charge < -0.3 is 14.7 Å². The zero-order chi connectivity index (χ0) is 17.5. The highest BCUT2D eigenvalue weighted by Crippen LogP contribution is 2.25. The lowest BCUT2D eigenvalue weighted by atomic mass is 9.94. The number of nitrogens with zero attached hydrogens (tertiary/aromatic N) is 3. The topological polar surface area (TPSA) is 67.6 Å². The van der Waals surface area contributed by atoms with Crippen molar-refractivity contribution in [3.63, 3.8) is 0 Å². The zero-order valence-corrected chi connectivity index (χ0v) is 14.5. The van der Waals surface area contributed by atoms with Crippen LogP contribution in [0.15, 0.2) is 24.4 Å². The number of carbonyl (C=O) groups excluding carboxylic acids is 1. The quantitative estimate of drug-likeness (QED) is 0.926. The van der Waals surface area contributed by atoms with Crippen LogP contribution in [0.3, 0.4) is 0 Å². The zero-order valence-electron chi connectivity index (χ0n) is 14.5. The van der Waals surface area contributed by atoms with E-state index in [-0.39, 0.29) is 25.6 Å². The molecule has 6 heteroatoms. The van der Waals surface area contributed by atoms with Crippen LogP contribution in [0.1, 0.15) is 27.2 Å². The van der Waals surface area contributed by atoms with Gasteiger partial charge in [-0.2, -0.15) is 5.10 Å². The summed E-state index contributed by atoms with van der Waals surface area (Å²) in [7, 11) is 1.54. The maximum absolute atomic E-state index is 12.7.